The third-order valence-corrected chi connectivity index (χ3v) is 4.46. The van der Waals surface area contributed by atoms with Crippen LogP contribution in [0.5, 0.6) is 0 Å². The molecule has 0 aromatic heterocycles. The monoisotopic (exact) mass is 377 g/mol. The van der Waals surface area contributed by atoms with Gasteiger partial charge < -0.3 is 15.0 Å². The van der Waals surface area contributed by atoms with E-state index in [0.717, 1.165) is 25.5 Å². The maximum absolute atomic E-state index is 12.4. The lowest BCUT2D eigenvalue weighted by Gasteiger charge is -2.36. The summed E-state index contributed by atoms with van der Waals surface area (Å²) >= 11 is 0. The molecule has 2 amide bonds. The van der Waals surface area contributed by atoms with Crippen LogP contribution in [0.15, 0.2) is 0 Å². The van der Waals surface area contributed by atoms with Crippen LogP contribution in [-0.2, 0) is 19.6 Å². The zero-order valence-electron chi connectivity index (χ0n) is 15.6. The Bertz CT molecular complexity index is 557. The van der Waals surface area contributed by atoms with Crippen molar-refractivity contribution in [3.8, 4) is 0 Å². The summed E-state index contributed by atoms with van der Waals surface area (Å²) in [6, 6.07) is -0.102. The highest BCUT2D eigenvalue weighted by Crippen LogP contribution is 2.18. The Morgan fingerprint density at radius 2 is 1.92 bits per heavy atom. The van der Waals surface area contributed by atoms with Gasteiger partial charge in [0.25, 0.3) is 0 Å². The van der Waals surface area contributed by atoms with Crippen molar-refractivity contribution in [3.63, 3.8) is 0 Å². The first-order chi connectivity index (χ1) is 11.5. The molecule has 1 atom stereocenters. The molecule has 0 spiro atoms. The number of carbonyl (C=O) groups excluding carboxylic acids is 2. The number of carbonyl (C=O) groups is 2. The zero-order valence-corrected chi connectivity index (χ0v) is 16.4. The van der Waals surface area contributed by atoms with Crippen molar-refractivity contribution in [2.45, 2.75) is 64.5 Å². The van der Waals surface area contributed by atoms with E-state index in [2.05, 4.69) is 10.0 Å². The Labute approximate surface area is 150 Å². The molecule has 0 saturated carbocycles. The molecule has 1 saturated heterocycles. The van der Waals surface area contributed by atoms with E-state index in [1.54, 1.807) is 25.7 Å². The molecule has 25 heavy (non-hydrogen) atoms. The minimum Gasteiger partial charge on any atom is -0.444 e. The summed E-state index contributed by atoms with van der Waals surface area (Å²) in [5, 5.41) is 2.63. The maximum atomic E-state index is 12.4. The number of hydrogen-bond donors (Lipinski definition) is 2. The SMILES string of the molecule is CC(C)(C)OC(=O)NCCCC(=O)N1CCCCC1CNS(C)(=O)=O. The third-order valence-electron chi connectivity index (χ3n) is 3.76. The van der Waals surface area contributed by atoms with Crippen LogP contribution in [0, 0.1) is 0 Å². The van der Waals surface area contributed by atoms with Crippen molar-refractivity contribution in [1.82, 2.24) is 14.9 Å². The quantitative estimate of drug-likeness (QED) is 0.649. The largest absolute Gasteiger partial charge is 0.444 e. The van der Waals surface area contributed by atoms with E-state index in [9.17, 15) is 18.0 Å². The van der Waals surface area contributed by atoms with Crippen LogP contribution < -0.4 is 10.0 Å². The highest BCUT2D eigenvalue weighted by molar-refractivity contribution is 7.88. The predicted octanol–water partition coefficient (Wildman–Crippen LogP) is 1.22. The molecule has 9 heteroatoms. The Balaban J connectivity index is 2.37. The molecular weight excluding hydrogens is 346 g/mol. The maximum Gasteiger partial charge on any atom is 0.407 e. The van der Waals surface area contributed by atoms with E-state index < -0.39 is 21.7 Å². The average Bonchev–Trinajstić information content (AvgIpc) is 2.47. The van der Waals surface area contributed by atoms with Crippen LogP contribution in [0.2, 0.25) is 0 Å². The lowest BCUT2D eigenvalue weighted by molar-refractivity contribution is -0.134. The molecule has 8 nitrogen and oxygen atoms in total. The lowest BCUT2D eigenvalue weighted by Crippen LogP contribution is -2.49. The fourth-order valence-corrected chi connectivity index (χ4v) is 3.17. The predicted molar refractivity (Wildman–Crippen MR) is 95.7 cm³/mol. The average molecular weight is 378 g/mol. The summed E-state index contributed by atoms with van der Waals surface area (Å²) in [4.78, 5) is 25.7. The lowest BCUT2D eigenvalue weighted by atomic mass is 10.0. The number of hydrogen-bond acceptors (Lipinski definition) is 5. The van der Waals surface area contributed by atoms with Gasteiger partial charge in [0.2, 0.25) is 15.9 Å². The van der Waals surface area contributed by atoms with Gasteiger partial charge in [0.1, 0.15) is 5.60 Å². The number of ether oxygens (including phenoxy) is 1. The Hall–Kier alpha value is -1.35. The number of sulfonamides is 1. The van der Waals surface area contributed by atoms with Crippen molar-refractivity contribution in [1.29, 1.82) is 0 Å². The topological polar surface area (TPSA) is 105 Å². The number of rotatable bonds is 7. The Morgan fingerprint density at radius 3 is 2.52 bits per heavy atom. The first-order valence-corrected chi connectivity index (χ1v) is 10.6. The summed E-state index contributed by atoms with van der Waals surface area (Å²) in [7, 11) is -3.27. The molecule has 0 radical (unpaired) electrons. The second-order valence-corrected chi connectivity index (χ2v) is 9.22. The molecule has 1 unspecified atom stereocenters. The first kappa shape index (κ1) is 21.7. The van der Waals surface area contributed by atoms with Crippen LogP contribution >= 0.6 is 0 Å². The highest BCUT2D eigenvalue weighted by atomic mass is 32.2. The minimum atomic E-state index is -3.27. The van der Waals surface area contributed by atoms with Crippen molar-refractivity contribution >= 4 is 22.0 Å². The van der Waals surface area contributed by atoms with E-state index >= 15 is 0 Å². The van der Waals surface area contributed by atoms with Crippen molar-refractivity contribution < 1.29 is 22.7 Å². The van der Waals surface area contributed by atoms with Gasteiger partial charge in [-0.1, -0.05) is 0 Å². The molecule has 0 aliphatic carbocycles. The van der Waals surface area contributed by atoms with Gasteiger partial charge in [0.05, 0.1) is 6.26 Å². The third kappa shape index (κ3) is 9.64. The van der Waals surface area contributed by atoms with Crippen LogP contribution in [0.25, 0.3) is 0 Å². The summed E-state index contributed by atoms with van der Waals surface area (Å²) in [6.45, 7) is 6.63. The van der Waals surface area contributed by atoms with Crippen molar-refractivity contribution in [2.24, 2.45) is 0 Å². The van der Waals surface area contributed by atoms with E-state index in [0.29, 0.717) is 25.9 Å². The Kier molecular flexibility index (Phi) is 8.14. The van der Waals surface area contributed by atoms with Gasteiger partial charge in [-0.15, -0.1) is 0 Å². The molecule has 1 heterocycles. The normalized spacial score (nSPS) is 18.7. The molecule has 0 aromatic rings. The van der Waals surface area contributed by atoms with Crippen LogP contribution in [0.3, 0.4) is 0 Å². The number of piperidine rings is 1. The molecule has 1 aliphatic heterocycles. The van der Waals surface area contributed by atoms with Crippen LogP contribution in [-0.4, -0.2) is 62.9 Å². The van der Waals surface area contributed by atoms with Gasteiger partial charge in [-0.3, -0.25) is 4.79 Å². The van der Waals surface area contributed by atoms with E-state index in [4.69, 9.17) is 4.74 Å². The zero-order chi connectivity index (χ0) is 19.1. The van der Waals surface area contributed by atoms with Crippen LogP contribution in [0.1, 0.15) is 52.9 Å². The molecule has 2 N–H and O–H groups in total. The van der Waals surface area contributed by atoms with Gasteiger partial charge >= 0.3 is 6.09 Å². The fourth-order valence-electron chi connectivity index (χ4n) is 2.68. The fraction of sp³-hybridized carbons (Fsp3) is 0.875. The van der Waals surface area contributed by atoms with Crippen molar-refractivity contribution in [3.05, 3.63) is 0 Å². The van der Waals surface area contributed by atoms with Gasteiger partial charge in [0.15, 0.2) is 0 Å². The second-order valence-electron chi connectivity index (χ2n) is 7.39. The molecule has 1 aliphatic rings. The summed E-state index contributed by atoms with van der Waals surface area (Å²) in [5.74, 6) is -0.00834. The number of alkyl carbamates (subject to hydrolysis) is 1. The minimum absolute atomic E-state index is 0.00834. The van der Waals surface area contributed by atoms with Crippen LogP contribution in [0.4, 0.5) is 4.79 Å². The van der Waals surface area contributed by atoms with Gasteiger partial charge in [-0.25, -0.2) is 17.9 Å². The molecule has 1 fully saturated rings. The molecule has 146 valence electrons. The van der Waals surface area contributed by atoms with Gasteiger partial charge in [0, 0.05) is 32.1 Å². The molecular formula is C16H31N3O5S. The summed E-state index contributed by atoms with van der Waals surface area (Å²) in [5.41, 5.74) is -0.548. The molecule has 1 rings (SSSR count). The molecule has 0 aromatic carbocycles. The summed E-state index contributed by atoms with van der Waals surface area (Å²) in [6.07, 6.45) is 4.16. The second kappa shape index (κ2) is 9.38. The van der Waals surface area contributed by atoms with Gasteiger partial charge in [-0.2, -0.15) is 0 Å². The number of nitrogens with one attached hydrogen (secondary N) is 2. The number of amides is 2. The number of likely N-dealkylation sites (tertiary alicyclic amines) is 1. The smallest absolute Gasteiger partial charge is 0.407 e. The highest BCUT2D eigenvalue weighted by Gasteiger charge is 2.26. The standard InChI is InChI=1S/C16H31N3O5S/c1-16(2,3)24-15(21)17-10-7-9-14(20)19-11-6-5-8-13(19)12-18-25(4,22)23/h13,18H,5-12H2,1-4H3,(H,17,21). The van der Waals surface area contributed by atoms with E-state index in [1.807, 2.05) is 0 Å². The number of nitrogens with zero attached hydrogens (tertiary/aromatic N) is 1. The van der Waals surface area contributed by atoms with E-state index in [-0.39, 0.29) is 18.5 Å². The van der Waals surface area contributed by atoms with E-state index in [1.165, 1.54) is 0 Å². The first-order valence-electron chi connectivity index (χ1n) is 8.69. The van der Waals surface area contributed by atoms with Gasteiger partial charge in [-0.05, 0) is 46.5 Å². The Morgan fingerprint density at radius 1 is 1.24 bits per heavy atom. The summed E-state index contributed by atoms with van der Waals surface area (Å²) < 4.78 is 30.1. The molecule has 0 bridgehead atoms. The van der Waals surface area contributed by atoms with Crippen molar-refractivity contribution in [2.75, 3.05) is 25.9 Å².